The number of aromatic nitrogens is 5. The topological polar surface area (TPSA) is 98.5 Å². The van der Waals surface area contributed by atoms with Crippen LogP contribution in [0.4, 0.5) is 19.0 Å². The molecule has 5 aromatic rings. The van der Waals surface area contributed by atoms with Crippen molar-refractivity contribution in [2.75, 3.05) is 11.9 Å². The number of benzene rings is 1. The summed E-state index contributed by atoms with van der Waals surface area (Å²) < 4.78 is 40.9. The number of hydrogen-bond acceptors (Lipinski definition) is 7. The number of H-pyrrole nitrogens is 1. The van der Waals surface area contributed by atoms with Gasteiger partial charge >= 0.3 is 6.18 Å². The first-order chi connectivity index (χ1) is 19.7. The Labute approximate surface area is 251 Å². The number of hydrogen-bond donors (Lipinski definition) is 2. The van der Waals surface area contributed by atoms with Gasteiger partial charge in [0.2, 0.25) is 0 Å². The molecule has 6 rings (SSSR count). The van der Waals surface area contributed by atoms with Crippen LogP contribution in [0.5, 0.6) is 0 Å². The number of anilines is 1. The van der Waals surface area contributed by atoms with Crippen LogP contribution < -0.4 is 10.2 Å². The summed E-state index contributed by atoms with van der Waals surface area (Å²) in [5.41, 5.74) is 4.99. The summed E-state index contributed by atoms with van der Waals surface area (Å²) in [6, 6.07) is 10.6. The number of aromatic amines is 1. The van der Waals surface area contributed by atoms with E-state index >= 15 is 0 Å². The minimum Gasteiger partial charge on any atom is -0.356 e. The fourth-order valence-electron chi connectivity index (χ4n) is 5.90. The van der Waals surface area contributed by atoms with Crippen LogP contribution in [0.15, 0.2) is 43.0 Å². The molecule has 0 bridgehead atoms. The predicted octanol–water partition coefficient (Wildman–Crippen LogP) is 6.27. The van der Waals surface area contributed by atoms with E-state index in [2.05, 4.69) is 55.5 Å². The highest BCUT2D eigenvalue weighted by atomic mass is 35.5. The Bertz CT molecular complexity index is 1740. The summed E-state index contributed by atoms with van der Waals surface area (Å²) in [4.78, 5) is 11.6. The van der Waals surface area contributed by atoms with Crippen LogP contribution in [-0.2, 0) is 19.5 Å². The molecule has 0 saturated heterocycles. The minimum atomic E-state index is -4.25. The molecular weight excluding hydrogens is 585 g/mol. The lowest BCUT2D eigenvalue weighted by atomic mass is 10.0. The van der Waals surface area contributed by atoms with Gasteiger partial charge in [-0.1, -0.05) is 6.07 Å². The maximum atomic E-state index is 13.0. The van der Waals surface area contributed by atoms with Crippen LogP contribution in [0.1, 0.15) is 46.5 Å². The second-order valence-electron chi connectivity index (χ2n) is 10.7. The number of nitrogens with one attached hydrogen (secondary N) is 2. The molecule has 13 heteroatoms. The normalized spacial score (nSPS) is 17.0. The molecule has 0 amide bonds. The largest absolute Gasteiger partial charge is 0.393 e. The van der Waals surface area contributed by atoms with Crippen LogP contribution in [-0.4, -0.2) is 50.0 Å². The molecule has 0 unspecified atom stereocenters. The fraction of sp³-hybridized carbons (Fsp3) is 0.379. The van der Waals surface area contributed by atoms with Crippen molar-refractivity contribution in [1.82, 2.24) is 30.0 Å². The summed E-state index contributed by atoms with van der Waals surface area (Å²) in [6.07, 6.45) is 2.69. The third-order valence-electron chi connectivity index (χ3n) is 8.08. The summed E-state index contributed by atoms with van der Waals surface area (Å²) in [5, 5.41) is 22.1. The molecule has 1 aliphatic rings. The van der Waals surface area contributed by atoms with Crippen LogP contribution in [0.3, 0.4) is 0 Å². The summed E-state index contributed by atoms with van der Waals surface area (Å²) in [6.45, 7) is 3.38. The molecule has 220 valence electrons. The molecule has 0 spiro atoms. The van der Waals surface area contributed by atoms with E-state index in [1.54, 1.807) is 12.3 Å². The quantitative estimate of drug-likeness (QED) is 0.214. The predicted molar refractivity (Wildman–Crippen MR) is 160 cm³/mol. The molecule has 1 aliphatic carbocycles. The molecule has 42 heavy (non-hydrogen) atoms. The highest BCUT2D eigenvalue weighted by molar-refractivity contribution is 7.18. The van der Waals surface area contributed by atoms with Crippen LogP contribution in [0.25, 0.3) is 21.1 Å². The molecule has 0 radical (unpaired) electrons. The van der Waals surface area contributed by atoms with E-state index in [9.17, 15) is 18.4 Å². The van der Waals surface area contributed by atoms with E-state index in [0.717, 1.165) is 52.6 Å². The van der Waals surface area contributed by atoms with Gasteiger partial charge in [0.1, 0.15) is 28.7 Å². The SMILES string of the molecule is Cc1c(CN[C@H]2CC[C@@H](N(C)c3ncnc4sc(CC(F)(F)F)cc34)C2)ccc2c1cc(C#N)n2Cc1cn[nH]c1.Cl. The van der Waals surface area contributed by atoms with Crippen molar-refractivity contribution < 1.29 is 13.2 Å². The van der Waals surface area contributed by atoms with Gasteiger partial charge < -0.3 is 14.8 Å². The number of alkyl halides is 3. The van der Waals surface area contributed by atoms with Crippen molar-refractivity contribution in [3.05, 3.63) is 70.2 Å². The number of thiophene rings is 1. The maximum Gasteiger partial charge on any atom is 0.393 e. The van der Waals surface area contributed by atoms with E-state index < -0.39 is 12.6 Å². The maximum absolute atomic E-state index is 13.0. The Morgan fingerprint density at radius 3 is 2.79 bits per heavy atom. The zero-order chi connectivity index (χ0) is 28.7. The van der Waals surface area contributed by atoms with E-state index in [4.69, 9.17) is 0 Å². The third kappa shape index (κ3) is 5.95. The van der Waals surface area contributed by atoms with Crippen molar-refractivity contribution in [2.24, 2.45) is 0 Å². The van der Waals surface area contributed by atoms with Gasteiger partial charge in [-0.15, -0.1) is 23.7 Å². The number of nitrogens with zero attached hydrogens (tertiary/aromatic N) is 6. The standard InChI is InChI=1S/C29H29F3N8S.ClH/c1-17-19(3-6-26-24(17)8-22(11-33)40(26)15-18-12-37-38-13-18)14-34-20-4-5-21(7-20)39(2)27-25-9-23(10-29(30,31)32)41-28(25)36-16-35-27;/h3,6,8-9,12-13,16,20-21,34H,4-5,7,10,14-15H2,1-2H3,(H,37,38);1H/t20-,21+;/m0./s1. The molecule has 2 N–H and O–H groups in total. The number of fused-ring (bicyclic) bond motifs is 2. The van der Waals surface area contributed by atoms with Gasteiger partial charge in [-0.2, -0.15) is 23.5 Å². The van der Waals surface area contributed by atoms with Gasteiger partial charge in [-0.25, -0.2) is 9.97 Å². The van der Waals surface area contributed by atoms with Gasteiger partial charge in [0.05, 0.1) is 24.5 Å². The Hall–Kier alpha value is -3.66. The van der Waals surface area contributed by atoms with Crippen molar-refractivity contribution in [3.8, 4) is 6.07 Å². The molecule has 2 atom stereocenters. The fourth-order valence-corrected chi connectivity index (χ4v) is 6.92. The molecule has 0 aliphatic heterocycles. The van der Waals surface area contributed by atoms with Crippen molar-refractivity contribution in [2.45, 2.75) is 64.0 Å². The zero-order valence-corrected chi connectivity index (χ0v) is 24.7. The van der Waals surface area contributed by atoms with Gasteiger partial charge in [0, 0.05) is 53.2 Å². The highest BCUT2D eigenvalue weighted by Crippen LogP contribution is 2.36. The Kier molecular flexibility index (Phi) is 8.46. The smallest absolute Gasteiger partial charge is 0.356 e. The van der Waals surface area contributed by atoms with Crippen LogP contribution in [0.2, 0.25) is 0 Å². The lowest BCUT2D eigenvalue weighted by molar-refractivity contribution is -0.126. The molecule has 8 nitrogen and oxygen atoms in total. The monoisotopic (exact) mass is 614 g/mol. The second-order valence-corrected chi connectivity index (χ2v) is 11.8. The van der Waals surface area contributed by atoms with Gasteiger partial charge in [-0.05, 0) is 55.5 Å². The Balaban J connectivity index is 0.00000353. The molecular formula is C29H30ClF3N8S. The number of rotatable bonds is 8. The number of aryl methyl sites for hydroxylation is 1. The Morgan fingerprint density at radius 2 is 2.05 bits per heavy atom. The average Bonchev–Trinajstić information content (AvgIpc) is 3.73. The lowest BCUT2D eigenvalue weighted by Crippen LogP contribution is -2.33. The lowest BCUT2D eigenvalue weighted by Gasteiger charge is -2.26. The summed E-state index contributed by atoms with van der Waals surface area (Å²) in [7, 11) is 1.97. The zero-order valence-electron chi connectivity index (χ0n) is 23.1. The van der Waals surface area contributed by atoms with Crippen molar-refractivity contribution in [1.29, 1.82) is 5.26 Å². The number of halogens is 4. The van der Waals surface area contributed by atoms with Crippen molar-refractivity contribution in [3.63, 3.8) is 0 Å². The van der Waals surface area contributed by atoms with Crippen LogP contribution in [0, 0.1) is 18.3 Å². The van der Waals surface area contributed by atoms with E-state index in [-0.39, 0.29) is 23.3 Å². The van der Waals surface area contributed by atoms with Gasteiger partial charge in [0.25, 0.3) is 0 Å². The third-order valence-corrected chi connectivity index (χ3v) is 9.12. The average molecular weight is 615 g/mol. The summed E-state index contributed by atoms with van der Waals surface area (Å²) in [5.74, 6) is 0.680. The molecule has 1 fully saturated rings. The van der Waals surface area contributed by atoms with Gasteiger partial charge in [0.15, 0.2) is 0 Å². The van der Waals surface area contributed by atoms with Crippen LogP contribution >= 0.6 is 23.7 Å². The Morgan fingerprint density at radius 1 is 1.21 bits per heavy atom. The summed E-state index contributed by atoms with van der Waals surface area (Å²) >= 11 is 1.08. The minimum absolute atomic E-state index is 0. The first-order valence-electron chi connectivity index (χ1n) is 13.5. The first kappa shape index (κ1) is 29.8. The molecule has 4 aromatic heterocycles. The van der Waals surface area contributed by atoms with E-state index in [0.29, 0.717) is 40.9 Å². The van der Waals surface area contributed by atoms with E-state index in [1.165, 1.54) is 11.9 Å². The van der Waals surface area contributed by atoms with E-state index in [1.807, 2.05) is 23.9 Å². The van der Waals surface area contributed by atoms with Gasteiger partial charge in [-0.3, -0.25) is 5.10 Å². The second kappa shape index (κ2) is 11.9. The molecule has 1 aromatic carbocycles. The first-order valence-corrected chi connectivity index (χ1v) is 14.3. The molecule has 4 heterocycles. The van der Waals surface area contributed by atoms with Crippen molar-refractivity contribution >= 4 is 50.7 Å². The number of nitriles is 1. The highest BCUT2D eigenvalue weighted by Gasteiger charge is 2.31. The molecule has 1 saturated carbocycles.